The molecule has 2 aromatic rings. The van der Waals surface area contributed by atoms with Gasteiger partial charge in [-0.1, -0.05) is 70.6 Å². The van der Waals surface area contributed by atoms with Crippen LogP contribution in [0.1, 0.15) is 97.3 Å². The van der Waals surface area contributed by atoms with Crippen LogP contribution in [0.5, 0.6) is 17.2 Å². The molecule has 9 heteroatoms. The first-order chi connectivity index (χ1) is 22.0. The number of benzene rings is 2. The zero-order valence-electron chi connectivity index (χ0n) is 27.2. The van der Waals surface area contributed by atoms with Crippen LogP contribution < -0.4 is 14.8 Å². The predicted octanol–water partition coefficient (Wildman–Crippen LogP) is 8.66. The summed E-state index contributed by atoms with van der Waals surface area (Å²) in [6.07, 6.45) is 11.4. The third kappa shape index (κ3) is 14.3. The van der Waals surface area contributed by atoms with E-state index in [0.717, 1.165) is 50.7 Å². The molecule has 45 heavy (non-hydrogen) atoms. The van der Waals surface area contributed by atoms with Crippen LogP contribution >= 0.6 is 0 Å². The van der Waals surface area contributed by atoms with Gasteiger partial charge >= 0.3 is 18.2 Å². The molecule has 0 radical (unpaired) electrons. The lowest BCUT2D eigenvalue weighted by Crippen LogP contribution is -2.43. The van der Waals surface area contributed by atoms with E-state index in [9.17, 15) is 14.4 Å². The number of alkyl carbamates (subject to hydrolysis) is 1. The van der Waals surface area contributed by atoms with Gasteiger partial charge in [0.05, 0.1) is 12.5 Å². The van der Waals surface area contributed by atoms with E-state index in [-0.39, 0.29) is 18.0 Å². The van der Waals surface area contributed by atoms with E-state index in [1.54, 1.807) is 29.2 Å². The number of carbonyl (C=O) groups is 3. The zero-order chi connectivity index (χ0) is 32.1. The van der Waals surface area contributed by atoms with Gasteiger partial charge in [-0.3, -0.25) is 4.79 Å². The second-order valence-corrected chi connectivity index (χ2v) is 11.7. The second-order valence-electron chi connectivity index (χ2n) is 11.7. The molecule has 1 aliphatic heterocycles. The molecule has 2 amide bonds. The van der Waals surface area contributed by atoms with Gasteiger partial charge in [0.1, 0.15) is 23.4 Å². The normalized spacial score (nSPS) is 14.0. The number of hydrogen-bond acceptors (Lipinski definition) is 7. The highest BCUT2D eigenvalue weighted by Crippen LogP contribution is 2.24. The Kier molecular flexibility index (Phi) is 16.7. The highest BCUT2D eigenvalue weighted by molar-refractivity contribution is 5.72. The molecule has 1 fully saturated rings. The number of nitrogens with zero attached hydrogens (tertiary/aromatic N) is 1. The Hall–Kier alpha value is -3.75. The molecule has 9 nitrogen and oxygen atoms in total. The van der Waals surface area contributed by atoms with Gasteiger partial charge < -0.3 is 29.2 Å². The number of rotatable bonds is 19. The van der Waals surface area contributed by atoms with Gasteiger partial charge in [-0.25, -0.2) is 9.59 Å². The molecule has 1 atom stereocenters. The van der Waals surface area contributed by atoms with E-state index >= 15 is 0 Å². The molecule has 1 unspecified atom stereocenters. The number of nitrogens with one attached hydrogen (secondary N) is 1. The zero-order valence-corrected chi connectivity index (χ0v) is 27.2. The summed E-state index contributed by atoms with van der Waals surface area (Å²) in [4.78, 5) is 38.8. The molecule has 1 heterocycles. The van der Waals surface area contributed by atoms with Gasteiger partial charge in [-0.15, -0.1) is 0 Å². The summed E-state index contributed by atoms with van der Waals surface area (Å²) in [5, 5.41) is 2.82. The van der Waals surface area contributed by atoms with Crippen LogP contribution in [-0.4, -0.2) is 55.4 Å². The number of amides is 2. The molecule has 2 aromatic carbocycles. The van der Waals surface area contributed by atoms with Crippen molar-refractivity contribution < 1.29 is 33.3 Å². The minimum absolute atomic E-state index is 0.0208. The molecule has 0 saturated carbocycles. The van der Waals surface area contributed by atoms with Gasteiger partial charge in [-0.05, 0) is 68.5 Å². The monoisotopic (exact) mass is 624 g/mol. The Morgan fingerprint density at radius 1 is 0.800 bits per heavy atom. The maximum Gasteiger partial charge on any atom is 0.415 e. The Morgan fingerprint density at radius 2 is 1.44 bits per heavy atom. The SMILES string of the molecule is CCCCCCCC(CC)C(=O)OCCCCCCNC(=O)OC1CCN(C(=O)Oc2ccc(Oc3ccccc3)cc2)CC1. The fourth-order valence-electron chi connectivity index (χ4n) is 5.26. The van der Waals surface area contributed by atoms with Crippen molar-refractivity contribution >= 4 is 18.2 Å². The van der Waals surface area contributed by atoms with E-state index in [0.29, 0.717) is 50.6 Å². The molecule has 0 bridgehead atoms. The molecule has 0 aromatic heterocycles. The molecule has 0 spiro atoms. The Labute approximate surface area is 268 Å². The third-order valence-corrected chi connectivity index (χ3v) is 8.05. The summed E-state index contributed by atoms with van der Waals surface area (Å²) in [5.41, 5.74) is 0. The molecular weight excluding hydrogens is 572 g/mol. The maximum atomic E-state index is 12.6. The van der Waals surface area contributed by atoms with Crippen molar-refractivity contribution in [3.8, 4) is 17.2 Å². The third-order valence-electron chi connectivity index (χ3n) is 8.05. The van der Waals surface area contributed by atoms with Crippen LogP contribution in [0, 0.1) is 5.92 Å². The van der Waals surface area contributed by atoms with E-state index in [1.807, 2.05) is 30.3 Å². The molecule has 3 rings (SSSR count). The number of hydrogen-bond donors (Lipinski definition) is 1. The highest BCUT2D eigenvalue weighted by atomic mass is 16.6. The minimum Gasteiger partial charge on any atom is -0.465 e. The molecular formula is C36H52N2O7. The minimum atomic E-state index is -0.428. The van der Waals surface area contributed by atoms with E-state index in [1.165, 1.54) is 25.7 Å². The summed E-state index contributed by atoms with van der Waals surface area (Å²) in [5.74, 6) is 1.79. The number of ether oxygens (including phenoxy) is 4. The number of unbranched alkanes of at least 4 members (excludes halogenated alkanes) is 7. The average Bonchev–Trinajstić information content (AvgIpc) is 3.05. The van der Waals surface area contributed by atoms with Crippen LogP contribution in [0.3, 0.4) is 0 Å². The lowest BCUT2D eigenvalue weighted by Gasteiger charge is -2.30. The Morgan fingerprint density at radius 3 is 2.16 bits per heavy atom. The van der Waals surface area contributed by atoms with Crippen molar-refractivity contribution in [2.45, 2.75) is 103 Å². The van der Waals surface area contributed by atoms with Crippen molar-refractivity contribution in [1.82, 2.24) is 10.2 Å². The number of likely N-dealkylation sites (tertiary alicyclic amines) is 1. The lowest BCUT2D eigenvalue weighted by atomic mass is 9.98. The second kappa shape index (κ2) is 21.1. The molecule has 0 aliphatic carbocycles. The van der Waals surface area contributed by atoms with E-state index in [4.69, 9.17) is 18.9 Å². The summed E-state index contributed by atoms with van der Waals surface area (Å²) in [6.45, 7) is 6.17. The van der Waals surface area contributed by atoms with Crippen molar-refractivity contribution in [3.63, 3.8) is 0 Å². The smallest absolute Gasteiger partial charge is 0.415 e. The van der Waals surface area contributed by atoms with Crippen LogP contribution in [-0.2, 0) is 14.3 Å². The average molecular weight is 625 g/mol. The Bertz CT molecular complexity index is 1120. The van der Waals surface area contributed by atoms with Crippen LogP contribution in [0.15, 0.2) is 54.6 Å². The maximum absolute atomic E-state index is 12.6. The largest absolute Gasteiger partial charge is 0.465 e. The van der Waals surface area contributed by atoms with Crippen LogP contribution in [0.25, 0.3) is 0 Å². The van der Waals surface area contributed by atoms with Gasteiger partial charge in [0.15, 0.2) is 0 Å². The quantitative estimate of drug-likeness (QED) is 0.123. The Balaban J connectivity index is 1.19. The number of para-hydroxylation sites is 1. The fourth-order valence-corrected chi connectivity index (χ4v) is 5.26. The molecule has 248 valence electrons. The van der Waals surface area contributed by atoms with E-state index < -0.39 is 12.2 Å². The van der Waals surface area contributed by atoms with Gasteiger partial charge in [0.25, 0.3) is 0 Å². The van der Waals surface area contributed by atoms with Gasteiger partial charge in [-0.2, -0.15) is 0 Å². The summed E-state index contributed by atoms with van der Waals surface area (Å²) in [6, 6.07) is 16.4. The van der Waals surface area contributed by atoms with Gasteiger partial charge in [0, 0.05) is 32.5 Å². The lowest BCUT2D eigenvalue weighted by molar-refractivity contribution is -0.149. The van der Waals surface area contributed by atoms with Crippen LogP contribution in [0.2, 0.25) is 0 Å². The molecule has 1 saturated heterocycles. The van der Waals surface area contributed by atoms with Gasteiger partial charge in [0.2, 0.25) is 0 Å². The van der Waals surface area contributed by atoms with Crippen molar-refractivity contribution in [3.05, 3.63) is 54.6 Å². The van der Waals surface area contributed by atoms with Crippen molar-refractivity contribution in [2.24, 2.45) is 5.92 Å². The predicted molar refractivity (Wildman–Crippen MR) is 175 cm³/mol. The first kappa shape index (κ1) is 35.7. The summed E-state index contributed by atoms with van der Waals surface area (Å²) in [7, 11) is 0. The number of piperidine rings is 1. The summed E-state index contributed by atoms with van der Waals surface area (Å²) < 4.78 is 22.3. The van der Waals surface area contributed by atoms with Crippen molar-refractivity contribution in [1.29, 1.82) is 0 Å². The first-order valence-corrected chi connectivity index (χ1v) is 16.9. The summed E-state index contributed by atoms with van der Waals surface area (Å²) >= 11 is 0. The highest BCUT2D eigenvalue weighted by Gasteiger charge is 2.26. The first-order valence-electron chi connectivity index (χ1n) is 16.9. The topological polar surface area (TPSA) is 103 Å². The number of carbonyl (C=O) groups excluding carboxylic acids is 3. The number of esters is 1. The fraction of sp³-hybridized carbons (Fsp3) is 0.583. The van der Waals surface area contributed by atoms with Crippen LogP contribution in [0.4, 0.5) is 9.59 Å². The van der Waals surface area contributed by atoms with Crippen molar-refractivity contribution in [2.75, 3.05) is 26.2 Å². The molecule has 1 N–H and O–H groups in total. The standard InChI is InChI=1S/C36H52N2O7/c1-3-5-6-7-11-16-29(4-2)34(39)42-28-15-9-8-14-25-37-35(40)44-33-23-26-38(27-24-33)36(41)45-32-21-19-31(20-22-32)43-30-17-12-10-13-18-30/h10,12-13,17-22,29,33H,3-9,11,14-16,23-28H2,1-2H3,(H,37,40). The van der Waals surface area contributed by atoms with E-state index in [2.05, 4.69) is 19.2 Å². The molecule has 1 aliphatic rings.